The van der Waals surface area contributed by atoms with Crippen LogP contribution in [-0.4, -0.2) is 18.5 Å². The van der Waals surface area contributed by atoms with Gasteiger partial charge in [-0.3, -0.25) is 9.59 Å². The molecular formula is C18H35NO3. The Morgan fingerprint density at radius 2 is 1.32 bits per heavy atom. The molecule has 2 N–H and O–H groups in total. The van der Waals surface area contributed by atoms with E-state index in [0.717, 1.165) is 19.3 Å². The molecule has 0 aliphatic carbocycles. The van der Waals surface area contributed by atoms with Gasteiger partial charge in [0.15, 0.2) is 0 Å². The molecule has 0 heterocycles. The molecule has 130 valence electrons. The van der Waals surface area contributed by atoms with Crippen molar-refractivity contribution in [3.63, 3.8) is 0 Å². The van der Waals surface area contributed by atoms with Gasteiger partial charge in [-0.05, 0) is 12.8 Å². The highest BCUT2D eigenvalue weighted by molar-refractivity contribution is 5.96. The van der Waals surface area contributed by atoms with Gasteiger partial charge < -0.3 is 10.5 Å². The highest BCUT2D eigenvalue weighted by Crippen LogP contribution is 2.11. The van der Waals surface area contributed by atoms with Gasteiger partial charge in [-0.25, -0.2) is 0 Å². The number of nitrogens with two attached hydrogens (primary N) is 1. The third-order valence-corrected chi connectivity index (χ3v) is 3.95. The van der Waals surface area contributed by atoms with Crippen molar-refractivity contribution in [2.75, 3.05) is 6.61 Å². The number of unbranched alkanes of at least 4 members (excludes halogenated alkanes) is 9. The summed E-state index contributed by atoms with van der Waals surface area (Å²) in [6.45, 7) is 4.56. The molecule has 4 nitrogen and oxygen atoms in total. The summed E-state index contributed by atoms with van der Waals surface area (Å²) in [6.07, 6.45) is 13.7. The number of carbonyl (C=O) groups is 2. The summed E-state index contributed by atoms with van der Waals surface area (Å²) < 4.78 is 5.15. The molecule has 0 aliphatic heterocycles. The third-order valence-electron chi connectivity index (χ3n) is 3.95. The second-order valence-corrected chi connectivity index (χ2v) is 6.09. The van der Waals surface area contributed by atoms with Crippen molar-refractivity contribution in [3.05, 3.63) is 0 Å². The number of esters is 1. The fourth-order valence-corrected chi connectivity index (χ4v) is 2.53. The molecule has 0 aromatic carbocycles. The van der Waals surface area contributed by atoms with Crippen molar-refractivity contribution in [2.24, 2.45) is 11.7 Å². The molecular weight excluding hydrogens is 278 g/mol. The van der Waals surface area contributed by atoms with E-state index in [4.69, 9.17) is 10.5 Å². The highest BCUT2D eigenvalue weighted by Gasteiger charge is 2.24. The highest BCUT2D eigenvalue weighted by atomic mass is 16.5. The van der Waals surface area contributed by atoms with Gasteiger partial charge in [-0.1, -0.05) is 78.1 Å². The predicted octanol–water partition coefficient (Wildman–Crippen LogP) is 4.35. The molecule has 4 heteroatoms. The van der Waals surface area contributed by atoms with Crippen molar-refractivity contribution in [3.8, 4) is 0 Å². The average molecular weight is 313 g/mol. The molecule has 0 aromatic rings. The van der Waals surface area contributed by atoms with Crippen LogP contribution in [0.1, 0.15) is 90.9 Å². The van der Waals surface area contributed by atoms with Crippen LogP contribution >= 0.6 is 0 Å². The monoisotopic (exact) mass is 313 g/mol. The standard InChI is InChI=1S/C18H35NO3/c1-3-5-6-7-8-9-10-11-12-13-15-22-18(21)16(14-4-2)17(19)20/h16H,3-15H2,1-2H3,(H2,19,20). The maximum Gasteiger partial charge on any atom is 0.318 e. The molecule has 0 saturated heterocycles. The molecule has 1 atom stereocenters. The molecule has 0 spiro atoms. The van der Waals surface area contributed by atoms with E-state index in [1.165, 1.54) is 51.4 Å². The van der Waals surface area contributed by atoms with Crippen LogP contribution in [0.15, 0.2) is 0 Å². The zero-order chi connectivity index (χ0) is 16.6. The summed E-state index contributed by atoms with van der Waals surface area (Å²) in [6, 6.07) is 0. The second-order valence-electron chi connectivity index (χ2n) is 6.09. The van der Waals surface area contributed by atoms with Crippen LogP contribution < -0.4 is 5.73 Å². The first-order valence-electron chi connectivity index (χ1n) is 9.09. The Hall–Kier alpha value is -1.06. The summed E-state index contributed by atoms with van der Waals surface area (Å²) in [4.78, 5) is 22.9. The van der Waals surface area contributed by atoms with E-state index in [0.29, 0.717) is 13.0 Å². The summed E-state index contributed by atoms with van der Waals surface area (Å²) in [5, 5.41) is 0. The van der Waals surface area contributed by atoms with E-state index in [2.05, 4.69) is 6.92 Å². The minimum atomic E-state index is -0.770. The van der Waals surface area contributed by atoms with Crippen molar-refractivity contribution in [1.82, 2.24) is 0 Å². The number of carbonyl (C=O) groups excluding carboxylic acids is 2. The first-order valence-corrected chi connectivity index (χ1v) is 9.09. The van der Waals surface area contributed by atoms with Gasteiger partial charge in [0.25, 0.3) is 0 Å². The van der Waals surface area contributed by atoms with Crippen molar-refractivity contribution in [1.29, 1.82) is 0 Å². The molecule has 0 fully saturated rings. The number of amides is 1. The molecule has 1 amide bonds. The Morgan fingerprint density at radius 3 is 1.77 bits per heavy atom. The molecule has 22 heavy (non-hydrogen) atoms. The molecule has 0 bridgehead atoms. The first-order chi connectivity index (χ1) is 10.6. The molecule has 0 aromatic heterocycles. The Bertz CT molecular complexity index is 292. The Morgan fingerprint density at radius 1 is 0.818 bits per heavy atom. The van der Waals surface area contributed by atoms with Crippen LogP contribution in [0.2, 0.25) is 0 Å². The summed E-state index contributed by atoms with van der Waals surface area (Å²) in [5.74, 6) is -1.80. The van der Waals surface area contributed by atoms with E-state index in [-0.39, 0.29) is 0 Å². The fraction of sp³-hybridized carbons (Fsp3) is 0.889. The first kappa shape index (κ1) is 20.9. The van der Waals surface area contributed by atoms with E-state index in [9.17, 15) is 9.59 Å². The number of primary amides is 1. The number of hydrogen-bond acceptors (Lipinski definition) is 3. The lowest BCUT2D eigenvalue weighted by atomic mass is 10.0. The Balaban J connectivity index is 3.45. The van der Waals surface area contributed by atoms with Crippen LogP contribution in [0.3, 0.4) is 0 Å². The lowest BCUT2D eigenvalue weighted by molar-refractivity contribution is -0.152. The van der Waals surface area contributed by atoms with Gasteiger partial charge in [0, 0.05) is 0 Å². The van der Waals surface area contributed by atoms with Crippen LogP contribution in [0.5, 0.6) is 0 Å². The van der Waals surface area contributed by atoms with Gasteiger partial charge in [-0.2, -0.15) is 0 Å². The number of rotatable bonds is 15. The van der Waals surface area contributed by atoms with Crippen LogP contribution in [0.4, 0.5) is 0 Å². The van der Waals surface area contributed by atoms with Gasteiger partial charge in [0.05, 0.1) is 6.61 Å². The van der Waals surface area contributed by atoms with E-state index in [1.807, 2.05) is 6.92 Å². The third kappa shape index (κ3) is 11.6. The van der Waals surface area contributed by atoms with Gasteiger partial charge in [-0.15, -0.1) is 0 Å². The molecule has 0 aliphatic rings. The average Bonchev–Trinajstić information content (AvgIpc) is 2.49. The summed E-state index contributed by atoms with van der Waals surface area (Å²) in [7, 11) is 0. The zero-order valence-corrected chi connectivity index (χ0v) is 14.6. The SMILES string of the molecule is CCCCCCCCCCCCOC(=O)C(CCC)C(N)=O. The van der Waals surface area contributed by atoms with Crippen LogP contribution in [0, 0.1) is 5.92 Å². The maximum atomic E-state index is 11.7. The topological polar surface area (TPSA) is 69.4 Å². The minimum Gasteiger partial charge on any atom is -0.465 e. The van der Waals surface area contributed by atoms with Crippen LogP contribution in [0.25, 0.3) is 0 Å². The predicted molar refractivity (Wildman–Crippen MR) is 90.4 cm³/mol. The van der Waals surface area contributed by atoms with E-state index < -0.39 is 17.8 Å². The van der Waals surface area contributed by atoms with Crippen molar-refractivity contribution >= 4 is 11.9 Å². The van der Waals surface area contributed by atoms with E-state index in [1.54, 1.807) is 0 Å². The van der Waals surface area contributed by atoms with E-state index >= 15 is 0 Å². The molecule has 0 saturated carbocycles. The second kappa shape index (κ2) is 14.9. The Labute approximate surface area is 136 Å². The lowest BCUT2D eigenvalue weighted by Crippen LogP contribution is -2.31. The van der Waals surface area contributed by atoms with Gasteiger partial charge in [0.1, 0.15) is 5.92 Å². The number of ether oxygens (including phenoxy) is 1. The smallest absolute Gasteiger partial charge is 0.318 e. The zero-order valence-electron chi connectivity index (χ0n) is 14.6. The largest absolute Gasteiger partial charge is 0.465 e. The maximum absolute atomic E-state index is 11.7. The van der Waals surface area contributed by atoms with Gasteiger partial charge >= 0.3 is 5.97 Å². The lowest BCUT2D eigenvalue weighted by Gasteiger charge is -2.11. The quantitative estimate of drug-likeness (QED) is 0.277. The number of hydrogen-bond donors (Lipinski definition) is 1. The van der Waals surface area contributed by atoms with Crippen LogP contribution in [-0.2, 0) is 14.3 Å². The van der Waals surface area contributed by atoms with Crippen molar-refractivity contribution in [2.45, 2.75) is 90.9 Å². The molecule has 1 unspecified atom stereocenters. The van der Waals surface area contributed by atoms with Crippen molar-refractivity contribution < 1.29 is 14.3 Å². The van der Waals surface area contributed by atoms with Gasteiger partial charge in [0.2, 0.25) is 5.91 Å². The normalized spacial score (nSPS) is 12.1. The molecule has 0 rings (SSSR count). The fourth-order valence-electron chi connectivity index (χ4n) is 2.53. The Kier molecular flexibility index (Phi) is 14.1. The summed E-state index contributed by atoms with van der Waals surface area (Å²) in [5.41, 5.74) is 5.21. The summed E-state index contributed by atoms with van der Waals surface area (Å²) >= 11 is 0. The minimum absolute atomic E-state index is 0.406. The molecule has 0 radical (unpaired) electrons.